The number of nitrogens with two attached hydrogens (primary N) is 1. The summed E-state index contributed by atoms with van der Waals surface area (Å²) in [7, 11) is 0. The van der Waals surface area contributed by atoms with Crippen LogP contribution >= 0.6 is 0 Å². The molecule has 2 aromatic rings. The summed E-state index contributed by atoms with van der Waals surface area (Å²) in [6, 6.07) is 14.1. The van der Waals surface area contributed by atoms with Gasteiger partial charge >= 0.3 is 0 Å². The van der Waals surface area contributed by atoms with Crippen LogP contribution in [0.4, 0.5) is 11.4 Å². The SMILES string of the molecule is NCC(=O)c1ccc(C2=NNc3ccccc3N2O)cc1. The number of hydrogen-bond donors (Lipinski definition) is 3. The van der Waals surface area contributed by atoms with Crippen LogP contribution in [0.25, 0.3) is 0 Å². The maximum atomic E-state index is 11.5. The first-order chi connectivity index (χ1) is 10.2. The van der Waals surface area contributed by atoms with E-state index >= 15 is 0 Å². The third kappa shape index (κ3) is 2.37. The minimum Gasteiger partial charge on any atom is -0.324 e. The number of hydrazone groups is 1. The van der Waals surface area contributed by atoms with Crippen molar-refractivity contribution in [1.29, 1.82) is 0 Å². The number of nitrogens with one attached hydrogen (secondary N) is 1. The van der Waals surface area contributed by atoms with Crippen LogP contribution in [-0.4, -0.2) is 23.4 Å². The van der Waals surface area contributed by atoms with E-state index in [-0.39, 0.29) is 12.3 Å². The molecule has 106 valence electrons. The lowest BCUT2D eigenvalue weighted by molar-refractivity contribution is 0.100. The molecule has 0 saturated carbocycles. The number of fused-ring (bicyclic) bond motifs is 1. The van der Waals surface area contributed by atoms with Crippen LogP contribution in [-0.2, 0) is 0 Å². The number of rotatable bonds is 3. The van der Waals surface area contributed by atoms with Gasteiger partial charge in [0.15, 0.2) is 11.6 Å². The highest BCUT2D eigenvalue weighted by atomic mass is 16.5. The van der Waals surface area contributed by atoms with Gasteiger partial charge in [0.25, 0.3) is 0 Å². The van der Waals surface area contributed by atoms with Crippen molar-refractivity contribution >= 4 is 23.0 Å². The number of amidine groups is 1. The van der Waals surface area contributed by atoms with Gasteiger partial charge in [0.1, 0.15) is 0 Å². The van der Waals surface area contributed by atoms with Crippen molar-refractivity contribution in [3.8, 4) is 0 Å². The third-order valence-electron chi connectivity index (χ3n) is 3.27. The Morgan fingerprint density at radius 2 is 1.90 bits per heavy atom. The van der Waals surface area contributed by atoms with Crippen molar-refractivity contribution < 1.29 is 10.0 Å². The van der Waals surface area contributed by atoms with Gasteiger partial charge in [0, 0.05) is 11.1 Å². The largest absolute Gasteiger partial charge is 0.324 e. The van der Waals surface area contributed by atoms with E-state index < -0.39 is 0 Å². The van der Waals surface area contributed by atoms with E-state index in [0.29, 0.717) is 22.6 Å². The lowest BCUT2D eigenvalue weighted by Crippen LogP contribution is -2.32. The normalized spacial score (nSPS) is 13.2. The quantitative estimate of drug-likeness (QED) is 0.747. The molecule has 1 heterocycles. The number of hydroxylamine groups is 1. The molecule has 0 aliphatic carbocycles. The Labute approximate surface area is 121 Å². The second kappa shape index (κ2) is 5.35. The van der Waals surface area contributed by atoms with Gasteiger partial charge in [0.05, 0.1) is 17.9 Å². The summed E-state index contributed by atoms with van der Waals surface area (Å²) in [5, 5.41) is 15.4. The van der Waals surface area contributed by atoms with Gasteiger partial charge in [-0.15, -0.1) is 0 Å². The van der Waals surface area contributed by atoms with E-state index in [9.17, 15) is 10.0 Å². The second-order valence-corrected chi connectivity index (χ2v) is 4.58. The van der Waals surface area contributed by atoms with Crippen LogP contribution in [0.5, 0.6) is 0 Å². The molecule has 0 fully saturated rings. The van der Waals surface area contributed by atoms with Gasteiger partial charge in [-0.05, 0) is 12.1 Å². The van der Waals surface area contributed by atoms with Crippen molar-refractivity contribution in [2.75, 3.05) is 17.0 Å². The fourth-order valence-corrected chi connectivity index (χ4v) is 2.14. The molecule has 6 nitrogen and oxygen atoms in total. The summed E-state index contributed by atoms with van der Waals surface area (Å²) in [6.45, 7) is -0.0264. The number of benzene rings is 2. The molecule has 0 atom stereocenters. The zero-order valence-electron chi connectivity index (χ0n) is 11.2. The summed E-state index contributed by atoms with van der Waals surface area (Å²) in [6.07, 6.45) is 0. The monoisotopic (exact) mass is 282 g/mol. The van der Waals surface area contributed by atoms with Crippen LogP contribution in [0.2, 0.25) is 0 Å². The molecule has 1 aliphatic rings. The number of Topliss-reactive ketones (excluding diaryl/α,β-unsaturated/α-hetero) is 1. The summed E-state index contributed by atoms with van der Waals surface area (Å²) in [4.78, 5) is 11.5. The summed E-state index contributed by atoms with van der Waals surface area (Å²) < 4.78 is 0. The molecule has 3 rings (SSSR count). The van der Waals surface area contributed by atoms with Crippen molar-refractivity contribution in [3.05, 3.63) is 59.7 Å². The fourth-order valence-electron chi connectivity index (χ4n) is 2.14. The van der Waals surface area contributed by atoms with Gasteiger partial charge in [0.2, 0.25) is 0 Å². The molecule has 21 heavy (non-hydrogen) atoms. The number of carbonyl (C=O) groups excluding carboxylic acids is 1. The molecule has 6 heteroatoms. The standard InChI is InChI=1S/C15H14N4O2/c16-9-14(20)10-5-7-11(8-6-10)15-18-17-12-3-1-2-4-13(12)19(15)21/h1-8,17,21H,9,16H2. The molecule has 0 amide bonds. The van der Waals surface area contributed by atoms with E-state index in [1.807, 2.05) is 18.2 Å². The van der Waals surface area contributed by atoms with Gasteiger partial charge in [-0.3, -0.25) is 15.4 Å². The molecular formula is C15H14N4O2. The zero-order valence-corrected chi connectivity index (χ0v) is 11.2. The van der Waals surface area contributed by atoms with E-state index in [4.69, 9.17) is 5.73 Å². The Balaban J connectivity index is 1.91. The van der Waals surface area contributed by atoms with Crippen LogP contribution < -0.4 is 16.2 Å². The highest BCUT2D eigenvalue weighted by Gasteiger charge is 2.21. The van der Waals surface area contributed by atoms with Gasteiger partial charge in [-0.1, -0.05) is 36.4 Å². The number of anilines is 2. The topological polar surface area (TPSA) is 91.0 Å². The maximum Gasteiger partial charge on any atom is 0.184 e. The summed E-state index contributed by atoms with van der Waals surface area (Å²) in [5.41, 5.74) is 10.8. The van der Waals surface area contributed by atoms with Crippen LogP contribution in [0.3, 0.4) is 0 Å². The molecular weight excluding hydrogens is 268 g/mol. The first-order valence-corrected chi connectivity index (χ1v) is 6.46. The lowest BCUT2D eigenvalue weighted by atomic mass is 10.1. The van der Waals surface area contributed by atoms with Crippen LogP contribution in [0, 0.1) is 0 Å². The Kier molecular flexibility index (Phi) is 3.39. The van der Waals surface area contributed by atoms with Gasteiger partial charge in [-0.25, -0.2) is 5.06 Å². The molecule has 0 unspecified atom stereocenters. The van der Waals surface area contributed by atoms with E-state index in [0.717, 1.165) is 10.8 Å². The van der Waals surface area contributed by atoms with E-state index in [1.54, 1.807) is 30.3 Å². The van der Waals surface area contributed by atoms with E-state index in [1.165, 1.54) is 0 Å². The van der Waals surface area contributed by atoms with Crippen molar-refractivity contribution in [2.24, 2.45) is 10.8 Å². The predicted octanol–water partition coefficient (Wildman–Crippen LogP) is 1.81. The minimum absolute atomic E-state index is 0.0264. The number of para-hydroxylation sites is 2. The first-order valence-electron chi connectivity index (χ1n) is 6.46. The van der Waals surface area contributed by atoms with Gasteiger partial charge < -0.3 is 5.73 Å². The Bertz CT molecular complexity index is 710. The average Bonchev–Trinajstić information content (AvgIpc) is 2.55. The third-order valence-corrected chi connectivity index (χ3v) is 3.27. The first kappa shape index (κ1) is 13.3. The smallest absolute Gasteiger partial charge is 0.184 e. The highest BCUT2D eigenvalue weighted by molar-refractivity contribution is 6.12. The molecule has 0 aromatic heterocycles. The second-order valence-electron chi connectivity index (χ2n) is 4.58. The van der Waals surface area contributed by atoms with Crippen molar-refractivity contribution in [3.63, 3.8) is 0 Å². The summed E-state index contributed by atoms with van der Waals surface area (Å²) in [5.74, 6) is 0.233. The number of nitrogens with zero attached hydrogens (tertiary/aromatic N) is 2. The molecule has 0 spiro atoms. The molecule has 2 aromatic carbocycles. The number of hydrogen-bond acceptors (Lipinski definition) is 6. The molecule has 4 N–H and O–H groups in total. The number of carbonyl (C=O) groups is 1. The van der Waals surface area contributed by atoms with Crippen molar-refractivity contribution in [2.45, 2.75) is 0 Å². The van der Waals surface area contributed by atoms with Gasteiger partial charge in [-0.2, -0.15) is 5.10 Å². The Hall–Kier alpha value is -2.70. The predicted molar refractivity (Wildman–Crippen MR) is 80.7 cm³/mol. The molecule has 0 radical (unpaired) electrons. The molecule has 1 aliphatic heterocycles. The molecule has 0 bridgehead atoms. The maximum absolute atomic E-state index is 11.5. The van der Waals surface area contributed by atoms with Crippen LogP contribution in [0.15, 0.2) is 53.6 Å². The lowest BCUT2D eigenvalue weighted by Gasteiger charge is -2.25. The zero-order chi connectivity index (χ0) is 14.8. The molecule has 0 saturated heterocycles. The van der Waals surface area contributed by atoms with E-state index in [2.05, 4.69) is 10.5 Å². The average molecular weight is 282 g/mol. The Morgan fingerprint density at radius 1 is 1.19 bits per heavy atom. The fraction of sp³-hybridized carbons (Fsp3) is 0.0667. The Morgan fingerprint density at radius 3 is 2.62 bits per heavy atom. The van der Waals surface area contributed by atoms with Crippen molar-refractivity contribution in [1.82, 2.24) is 0 Å². The minimum atomic E-state index is -0.128. The summed E-state index contributed by atoms with van der Waals surface area (Å²) >= 11 is 0. The van der Waals surface area contributed by atoms with Crippen LogP contribution in [0.1, 0.15) is 15.9 Å². The highest BCUT2D eigenvalue weighted by Crippen LogP contribution is 2.29. The number of ketones is 1.